The summed E-state index contributed by atoms with van der Waals surface area (Å²) in [6.45, 7) is 0.833. The van der Waals surface area contributed by atoms with Gasteiger partial charge >= 0.3 is 5.97 Å². The summed E-state index contributed by atoms with van der Waals surface area (Å²) in [7, 11) is -3.12. The van der Waals surface area contributed by atoms with E-state index in [1.165, 1.54) is 6.92 Å². The lowest BCUT2D eigenvalue weighted by molar-refractivity contribution is -0.159. The highest BCUT2D eigenvalue weighted by molar-refractivity contribution is 7.91. The van der Waals surface area contributed by atoms with Crippen molar-refractivity contribution >= 4 is 33.5 Å². The SMILES string of the molecule is C[C@@H](C(=O)OCC(=O)NC1CCS(=O)(=O)C1)N1C(=O)C2CCCCC2C1=O. The number of esters is 1. The first-order valence-corrected chi connectivity index (χ1v) is 11.0. The Morgan fingerprint density at radius 1 is 1.15 bits per heavy atom. The van der Waals surface area contributed by atoms with E-state index in [9.17, 15) is 27.6 Å². The van der Waals surface area contributed by atoms with E-state index in [0.29, 0.717) is 19.3 Å². The Balaban J connectivity index is 1.51. The molecule has 10 heteroatoms. The lowest BCUT2D eigenvalue weighted by Crippen LogP contribution is -2.45. The van der Waals surface area contributed by atoms with Crippen LogP contribution < -0.4 is 5.32 Å². The Hall–Kier alpha value is -1.97. The summed E-state index contributed by atoms with van der Waals surface area (Å²) in [5.41, 5.74) is 0. The van der Waals surface area contributed by atoms with E-state index in [1.54, 1.807) is 0 Å². The second-order valence-corrected chi connectivity index (χ2v) is 9.72. The highest BCUT2D eigenvalue weighted by atomic mass is 32.2. The van der Waals surface area contributed by atoms with Crippen molar-refractivity contribution in [2.75, 3.05) is 18.1 Å². The van der Waals surface area contributed by atoms with E-state index in [4.69, 9.17) is 4.74 Å². The number of carbonyl (C=O) groups is 4. The van der Waals surface area contributed by atoms with Gasteiger partial charge < -0.3 is 10.1 Å². The number of ether oxygens (including phenoxy) is 1. The van der Waals surface area contributed by atoms with Crippen LogP contribution in [-0.4, -0.2) is 67.2 Å². The number of nitrogens with zero attached hydrogens (tertiary/aromatic N) is 1. The molecule has 3 aliphatic rings. The van der Waals surface area contributed by atoms with E-state index in [-0.39, 0.29) is 35.2 Å². The number of rotatable bonds is 5. The van der Waals surface area contributed by atoms with Crippen molar-refractivity contribution in [3.05, 3.63) is 0 Å². The first-order chi connectivity index (χ1) is 12.7. The van der Waals surface area contributed by atoms with Crippen LogP contribution in [0.25, 0.3) is 0 Å². The summed E-state index contributed by atoms with van der Waals surface area (Å²) in [5.74, 6) is -2.92. The molecule has 27 heavy (non-hydrogen) atoms. The number of imide groups is 1. The number of sulfone groups is 1. The molecular weight excluding hydrogens is 376 g/mol. The molecule has 3 amide bonds. The van der Waals surface area contributed by atoms with Crippen LogP contribution >= 0.6 is 0 Å². The fraction of sp³-hybridized carbons (Fsp3) is 0.765. The zero-order chi connectivity index (χ0) is 19.8. The Morgan fingerprint density at radius 2 is 1.74 bits per heavy atom. The molecule has 1 aliphatic carbocycles. The van der Waals surface area contributed by atoms with E-state index in [2.05, 4.69) is 5.32 Å². The van der Waals surface area contributed by atoms with Crippen molar-refractivity contribution in [3.8, 4) is 0 Å². The van der Waals surface area contributed by atoms with Gasteiger partial charge in [0.15, 0.2) is 16.4 Å². The molecule has 3 unspecified atom stereocenters. The van der Waals surface area contributed by atoms with Crippen molar-refractivity contribution < 1.29 is 32.3 Å². The fourth-order valence-electron chi connectivity index (χ4n) is 4.11. The van der Waals surface area contributed by atoms with Crippen molar-refractivity contribution in [1.82, 2.24) is 10.2 Å². The predicted molar refractivity (Wildman–Crippen MR) is 92.9 cm³/mol. The van der Waals surface area contributed by atoms with E-state index >= 15 is 0 Å². The number of nitrogens with one attached hydrogen (secondary N) is 1. The average Bonchev–Trinajstić information content (AvgIpc) is 3.09. The van der Waals surface area contributed by atoms with Crippen LogP contribution in [-0.2, 0) is 33.8 Å². The summed E-state index contributed by atoms with van der Waals surface area (Å²) < 4.78 is 27.7. The first kappa shape index (κ1) is 19.8. The molecule has 9 nitrogen and oxygen atoms in total. The van der Waals surface area contributed by atoms with Gasteiger partial charge in [-0.3, -0.25) is 19.3 Å². The highest BCUT2D eigenvalue weighted by Gasteiger charge is 2.51. The molecule has 0 aromatic rings. The Morgan fingerprint density at radius 3 is 2.26 bits per heavy atom. The normalized spacial score (nSPS) is 30.7. The second-order valence-electron chi connectivity index (χ2n) is 7.50. The molecular formula is C17H24N2O7S. The smallest absolute Gasteiger partial charge is 0.329 e. The largest absolute Gasteiger partial charge is 0.454 e. The quantitative estimate of drug-likeness (QED) is 0.482. The molecule has 3 rings (SSSR count). The van der Waals surface area contributed by atoms with Crippen molar-refractivity contribution in [3.63, 3.8) is 0 Å². The maximum atomic E-state index is 12.5. The second kappa shape index (κ2) is 7.57. The zero-order valence-electron chi connectivity index (χ0n) is 15.2. The molecule has 0 aromatic carbocycles. The minimum Gasteiger partial charge on any atom is -0.454 e. The number of hydrogen-bond acceptors (Lipinski definition) is 7. The molecule has 0 bridgehead atoms. The van der Waals surface area contributed by atoms with Gasteiger partial charge in [0.1, 0.15) is 6.04 Å². The Bertz CT molecular complexity index is 739. The summed E-state index contributed by atoms with van der Waals surface area (Å²) >= 11 is 0. The van der Waals surface area contributed by atoms with Crippen molar-refractivity contribution in [1.29, 1.82) is 0 Å². The summed E-state index contributed by atoms with van der Waals surface area (Å²) in [6, 6.07) is -1.57. The third-order valence-corrected chi connectivity index (χ3v) is 7.31. The average molecular weight is 400 g/mol. The third-order valence-electron chi connectivity index (χ3n) is 5.55. The summed E-state index contributed by atoms with van der Waals surface area (Å²) in [6.07, 6.45) is 3.42. The van der Waals surface area contributed by atoms with Crippen molar-refractivity contribution in [2.45, 2.75) is 51.1 Å². The molecule has 1 N–H and O–H groups in total. The van der Waals surface area contributed by atoms with Gasteiger partial charge in [0.05, 0.1) is 23.3 Å². The molecule has 0 spiro atoms. The maximum Gasteiger partial charge on any atom is 0.329 e. The van der Waals surface area contributed by atoms with Crippen LogP contribution in [0.1, 0.15) is 39.0 Å². The molecule has 2 aliphatic heterocycles. The Kier molecular flexibility index (Phi) is 5.55. The number of fused-ring (bicyclic) bond motifs is 1. The molecule has 0 aromatic heterocycles. The van der Waals surface area contributed by atoms with E-state index in [1.807, 2.05) is 0 Å². The van der Waals surface area contributed by atoms with Gasteiger partial charge in [-0.15, -0.1) is 0 Å². The minimum atomic E-state index is -3.12. The molecule has 2 saturated heterocycles. The van der Waals surface area contributed by atoms with Gasteiger partial charge in [0, 0.05) is 6.04 Å². The van der Waals surface area contributed by atoms with Gasteiger partial charge in [-0.1, -0.05) is 12.8 Å². The number of likely N-dealkylation sites (tertiary alicyclic amines) is 1. The lowest BCUT2D eigenvalue weighted by atomic mass is 9.81. The third kappa shape index (κ3) is 4.15. The van der Waals surface area contributed by atoms with Gasteiger partial charge in [0.25, 0.3) is 5.91 Å². The monoisotopic (exact) mass is 400 g/mol. The molecule has 3 fully saturated rings. The standard InChI is InChI=1S/C17H24N2O7S/c1-10(19-15(21)12-4-2-3-5-13(12)16(19)22)17(23)26-8-14(20)18-11-6-7-27(24,25)9-11/h10-13H,2-9H2,1H3,(H,18,20)/t10-,11?,12?,13?/m0/s1. The molecule has 0 radical (unpaired) electrons. The summed E-state index contributed by atoms with van der Waals surface area (Å²) in [4.78, 5) is 50.0. The number of carbonyl (C=O) groups excluding carboxylic acids is 4. The molecule has 150 valence electrons. The van der Waals surface area contributed by atoms with E-state index in [0.717, 1.165) is 17.7 Å². The molecule has 4 atom stereocenters. The topological polar surface area (TPSA) is 127 Å². The Labute approximate surface area is 157 Å². The van der Waals surface area contributed by atoms with Gasteiger partial charge in [0.2, 0.25) is 11.8 Å². The number of amides is 3. The van der Waals surface area contributed by atoms with Gasteiger partial charge in [-0.25, -0.2) is 13.2 Å². The maximum absolute atomic E-state index is 12.5. The van der Waals surface area contributed by atoms with Crippen LogP contribution in [0.15, 0.2) is 0 Å². The van der Waals surface area contributed by atoms with E-state index < -0.39 is 40.4 Å². The van der Waals surface area contributed by atoms with Crippen LogP contribution in [0.2, 0.25) is 0 Å². The fourth-order valence-corrected chi connectivity index (χ4v) is 5.78. The lowest BCUT2D eigenvalue weighted by Gasteiger charge is -2.21. The van der Waals surface area contributed by atoms with Gasteiger partial charge in [-0.2, -0.15) is 0 Å². The van der Waals surface area contributed by atoms with Gasteiger partial charge in [-0.05, 0) is 26.2 Å². The van der Waals surface area contributed by atoms with Crippen LogP contribution in [0.4, 0.5) is 0 Å². The predicted octanol–water partition coefficient (Wildman–Crippen LogP) is -0.603. The zero-order valence-corrected chi connectivity index (χ0v) is 16.0. The van der Waals surface area contributed by atoms with Crippen molar-refractivity contribution in [2.24, 2.45) is 11.8 Å². The van der Waals surface area contributed by atoms with Crippen LogP contribution in [0.5, 0.6) is 0 Å². The first-order valence-electron chi connectivity index (χ1n) is 9.23. The van der Waals surface area contributed by atoms with Crippen LogP contribution in [0, 0.1) is 11.8 Å². The number of hydrogen-bond donors (Lipinski definition) is 1. The molecule has 2 heterocycles. The summed E-state index contributed by atoms with van der Waals surface area (Å²) in [5, 5.41) is 2.51. The molecule has 1 saturated carbocycles. The minimum absolute atomic E-state index is 0.0241. The van der Waals surface area contributed by atoms with Crippen LogP contribution in [0.3, 0.4) is 0 Å². The highest BCUT2D eigenvalue weighted by Crippen LogP contribution is 2.38.